The minimum absolute atomic E-state index is 0.676. The quantitative estimate of drug-likeness (QED) is 0.195. The number of pyridine rings is 2. The maximum atomic E-state index is 5.21. The molecule has 0 aliphatic heterocycles. The van der Waals surface area contributed by atoms with E-state index in [2.05, 4.69) is 144 Å². The van der Waals surface area contributed by atoms with Gasteiger partial charge in [0.2, 0.25) is 0 Å². The van der Waals surface area contributed by atoms with Crippen molar-refractivity contribution in [3.8, 4) is 45.2 Å². The second-order valence-corrected chi connectivity index (χ2v) is 12.3. The minimum Gasteiger partial charge on any atom is -0.284 e. The normalized spacial score (nSPS) is 11.7. The molecular weight excluding hydrogens is 599 g/mol. The first-order valence-electron chi connectivity index (χ1n) is 16.4. The van der Waals surface area contributed by atoms with Crippen molar-refractivity contribution >= 4 is 49.1 Å². The summed E-state index contributed by atoms with van der Waals surface area (Å²) in [6.45, 7) is 0. The van der Waals surface area contributed by atoms with E-state index in [4.69, 9.17) is 19.9 Å². The monoisotopic (exact) mass is 625 g/mol. The van der Waals surface area contributed by atoms with E-state index in [0.717, 1.165) is 77.7 Å². The molecule has 0 atom stereocenters. The molecule has 0 spiro atoms. The summed E-state index contributed by atoms with van der Waals surface area (Å²) in [4.78, 5) is 20.5. The lowest BCUT2D eigenvalue weighted by atomic mass is 9.98. The van der Waals surface area contributed by atoms with Crippen LogP contribution in [-0.4, -0.2) is 24.3 Å². The van der Waals surface area contributed by atoms with Crippen LogP contribution in [0.4, 0.5) is 0 Å². The number of fused-ring (bicyclic) bond motifs is 7. The van der Waals surface area contributed by atoms with Crippen LogP contribution in [0.5, 0.6) is 0 Å². The molecular formula is C44H27N5. The first-order valence-corrected chi connectivity index (χ1v) is 16.4. The molecule has 0 bridgehead atoms. The Labute approximate surface area is 281 Å². The SMILES string of the molecule is c1ccc2c(-c3cc(-c4cccc5ccccc45)nc(-c4ccc(-c5nc6c(nc7ccccn76)c6ccccc56)cc4)n3)cccc2c1. The zero-order valence-corrected chi connectivity index (χ0v) is 26.3. The molecule has 10 rings (SSSR count). The summed E-state index contributed by atoms with van der Waals surface area (Å²) in [5, 5.41) is 6.83. The Morgan fingerprint density at radius 3 is 1.63 bits per heavy atom. The van der Waals surface area contributed by atoms with Crippen LogP contribution < -0.4 is 0 Å². The van der Waals surface area contributed by atoms with Crippen LogP contribution in [0.15, 0.2) is 164 Å². The number of hydrogen-bond donors (Lipinski definition) is 0. The van der Waals surface area contributed by atoms with Gasteiger partial charge in [-0.3, -0.25) is 4.40 Å². The summed E-state index contributed by atoms with van der Waals surface area (Å²) in [6, 6.07) is 54.8. The van der Waals surface area contributed by atoms with Crippen LogP contribution >= 0.6 is 0 Å². The number of nitrogens with zero attached hydrogens (tertiary/aromatic N) is 5. The fraction of sp³-hybridized carbons (Fsp3) is 0. The van der Waals surface area contributed by atoms with Gasteiger partial charge < -0.3 is 0 Å². The Balaban J connectivity index is 1.16. The van der Waals surface area contributed by atoms with Crippen molar-refractivity contribution in [2.24, 2.45) is 0 Å². The highest BCUT2D eigenvalue weighted by Gasteiger charge is 2.17. The molecule has 0 saturated carbocycles. The van der Waals surface area contributed by atoms with E-state index in [9.17, 15) is 0 Å². The van der Waals surface area contributed by atoms with E-state index in [1.807, 2.05) is 24.4 Å². The van der Waals surface area contributed by atoms with Crippen LogP contribution in [0, 0.1) is 0 Å². The Morgan fingerprint density at radius 2 is 0.959 bits per heavy atom. The smallest absolute Gasteiger partial charge is 0.165 e. The molecule has 10 aromatic rings. The van der Waals surface area contributed by atoms with Gasteiger partial charge >= 0.3 is 0 Å². The second kappa shape index (κ2) is 10.9. The summed E-state index contributed by atoms with van der Waals surface area (Å²) in [5.41, 5.74) is 9.45. The van der Waals surface area contributed by atoms with E-state index in [1.54, 1.807) is 0 Å². The Bertz CT molecular complexity index is 2780. The largest absolute Gasteiger partial charge is 0.284 e. The standard InChI is InChI=1S/C44H27N5/c1-3-15-32-28(11-1)13-9-19-34(32)38-27-39(35-20-10-14-29-12-2-4-16-33(29)35)46-43(45-38)31-24-22-30(23-25-31)41-36-17-5-6-18-37(36)42-44(48-41)49-26-8-7-21-40(49)47-42/h1-27H. The van der Waals surface area contributed by atoms with Crippen molar-refractivity contribution in [1.29, 1.82) is 0 Å². The van der Waals surface area contributed by atoms with E-state index >= 15 is 0 Å². The summed E-state index contributed by atoms with van der Waals surface area (Å²) >= 11 is 0. The highest BCUT2D eigenvalue weighted by Crippen LogP contribution is 2.36. The van der Waals surface area contributed by atoms with Gasteiger partial charge in [-0.2, -0.15) is 0 Å². The molecule has 49 heavy (non-hydrogen) atoms. The van der Waals surface area contributed by atoms with Gasteiger partial charge in [0.1, 0.15) is 11.2 Å². The molecule has 0 N–H and O–H groups in total. The molecule has 6 aromatic carbocycles. The molecule has 0 fully saturated rings. The maximum absolute atomic E-state index is 5.21. The fourth-order valence-corrected chi connectivity index (χ4v) is 7.08. The average molecular weight is 626 g/mol. The topological polar surface area (TPSA) is 56.0 Å². The highest BCUT2D eigenvalue weighted by atomic mass is 15.1. The van der Waals surface area contributed by atoms with Crippen molar-refractivity contribution in [1.82, 2.24) is 24.3 Å². The lowest BCUT2D eigenvalue weighted by molar-refractivity contribution is 1.18. The predicted molar refractivity (Wildman–Crippen MR) is 200 cm³/mol. The molecule has 0 aliphatic carbocycles. The van der Waals surface area contributed by atoms with Gasteiger partial charge in [-0.15, -0.1) is 0 Å². The summed E-state index contributed by atoms with van der Waals surface area (Å²) in [7, 11) is 0. The molecule has 0 unspecified atom stereocenters. The van der Waals surface area contributed by atoms with Crippen molar-refractivity contribution in [3.05, 3.63) is 164 Å². The third-order valence-corrected chi connectivity index (χ3v) is 9.43. The Kier molecular flexibility index (Phi) is 6.11. The van der Waals surface area contributed by atoms with Gasteiger partial charge in [-0.05, 0) is 39.7 Å². The van der Waals surface area contributed by atoms with Gasteiger partial charge in [-0.25, -0.2) is 19.9 Å². The predicted octanol–water partition coefficient (Wildman–Crippen LogP) is 10.8. The highest BCUT2D eigenvalue weighted by molar-refractivity contribution is 6.09. The average Bonchev–Trinajstić information content (AvgIpc) is 3.56. The first-order chi connectivity index (χ1) is 24.3. The van der Waals surface area contributed by atoms with Crippen molar-refractivity contribution in [3.63, 3.8) is 0 Å². The van der Waals surface area contributed by atoms with Crippen LogP contribution in [0.3, 0.4) is 0 Å². The molecule has 228 valence electrons. The van der Waals surface area contributed by atoms with Crippen molar-refractivity contribution in [2.45, 2.75) is 0 Å². The van der Waals surface area contributed by atoms with Crippen LogP contribution in [0.25, 0.3) is 94.3 Å². The van der Waals surface area contributed by atoms with Crippen molar-refractivity contribution < 1.29 is 0 Å². The Hall–Kier alpha value is -6.72. The molecule has 0 aliphatic rings. The zero-order chi connectivity index (χ0) is 32.3. The number of imidazole rings is 1. The lowest BCUT2D eigenvalue weighted by Gasteiger charge is -2.13. The van der Waals surface area contributed by atoms with E-state index in [0.29, 0.717) is 5.82 Å². The van der Waals surface area contributed by atoms with E-state index in [1.165, 1.54) is 10.8 Å². The molecule has 4 aromatic heterocycles. The van der Waals surface area contributed by atoms with E-state index < -0.39 is 0 Å². The number of aromatic nitrogens is 5. The van der Waals surface area contributed by atoms with Crippen LogP contribution in [0.1, 0.15) is 0 Å². The summed E-state index contributed by atoms with van der Waals surface area (Å²) in [6.07, 6.45) is 2.02. The third kappa shape index (κ3) is 4.48. The maximum Gasteiger partial charge on any atom is 0.165 e. The third-order valence-electron chi connectivity index (χ3n) is 9.43. The molecule has 5 heteroatoms. The zero-order valence-electron chi connectivity index (χ0n) is 26.3. The number of rotatable bonds is 4. The molecule has 0 radical (unpaired) electrons. The van der Waals surface area contributed by atoms with Gasteiger partial charge in [-0.1, -0.05) is 140 Å². The molecule has 4 heterocycles. The Morgan fingerprint density at radius 1 is 0.408 bits per heavy atom. The van der Waals surface area contributed by atoms with Gasteiger partial charge in [0.05, 0.1) is 17.1 Å². The number of hydrogen-bond acceptors (Lipinski definition) is 4. The van der Waals surface area contributed by atoms with Gasteiger partial charge in [0.15, 0.2) is 11.5 Å². The fourth-order valence-electron chi connectivity index (χ4n) is 7.08. The first kappa shape index (κ1) is 27.4. The second-order valence-electron chi connectivity index (χ2n) is 12.3. The van der Waals surface area contributed by atoms with Gasteiger partial charge in [0.25, 0.3) is 0 Å². The van der Waals surface area contributed by atoms with Crippen molar-refractivity contribution in [2.75, 3.05) is 0 Å². The van der Waals surface area contributed by atoms with Crippen LogP contribution in [-0.2, 0) is 0 Å². The van der Waals surface area contributed by atoms with Gasteiger partial charge in [0, 0.05) is 39.2 Å². The van der Waals surface area contributed by atoms with Crippen LogP contribution in [0.2, 0.25) is 0 Å². The molecule has 5 nitrogen and oxygen atoms in total. The molecule has 0 amide bonds. The lowest BCUT2D eigenvalue weighted by Crippen LogP contribution is -1.97. The number of benzene rings is 6. The molecule has 0 saturated heterocycles. The summed E-state index contributed by atoms with van der Waals surface area (Å²) in [5.74, 6) is 0.676. The summed E-state index contributed by atoms with van der Waals surface area (Å²) < 4.78 is 2.06. The minimum atomic E-state index is 0.676. The van der Waals surface area contributed by atoms with E-state index in [-0.39, 0.29) is 0 Å².